The van der Waals surface area contributed by atoms with Gasteiger partial charge < -0.3 is 9.30 Å². The quantitative estimate of drug-likeness (QED) is 0.694. The molecule has 1 rings (SSSR count). The van der Waals surface area contributed by atoms with E-state index in [2.05, 4.69) is 29.2 Å². The first-order valence-corrected chi connectivity index (χ1v) is 8.22. The highest BCUT2D eigenvalue weighted by Gasteiger charge is 2.28. The van der Waals surface area contributed by atoms with Crippen LogP contribution in [0.5, 0.6) is 0 Å². The fourth-order valence-corrected chi connectivity index (χ4v) is 3.06. The van der Waals surface area contributed by atoms with Gasteiger partial charge in [0.1, 0.15) is 13.9 Å². The summed E-state index contributed by atoms with van der Waals surface area (Å²) in [7, 11) is -1.31. The molecule has 0 aliphatic rings. The van der Waals surface area contributed by atoms with E-state index in [1.165, 1.54) is 0 Å². The van der Waals surface area contributed by atoms with E-state index in [4.69, 9.17) is 4.74 Å². The first-order valence-electron chi connectivity index (χ1n) is 4.64. The summed E-state index contributed by atoms with van der Waals surface area (Å²) in [5.41, 5.74) is 0. The van der Waals surface area contributed by atoms with Crippen molar-refractivity contribution in [3.63, 3.8) is 0 Å². The maximum atomic E-state index is 5.74. The van der Waals surface area contributed by atoms with Gasteiger partial charge in [-0.25, -0.2) is 4.98 Å². The second-order valence-electron chi connectivity index (χ2n) is 4.18. The maximum absolute atomic E-state index is 5.74. The third-order valence-electron chi connectivity index (χ3n) is 1.86. The first kappa shape index (κ1) is 10.5. The van der Waals surface area contributed by atoms with Crippen LogP contribution in [0.1, 0.15) is 12.8 Å². The molecule has 1 aromatic heterocycles. The highest BCUT2D eigenvalue weighted by Crippen LogP contribution is 2.21. The Bertz CT molecular complexity index is 241. The van der Waals surface area contributed by atoms with Crippen molar-refractivity contribution in [3.05, 3.63) is 18.7 Å². The van der Waals surface area contributed by atoms with Crippen molar-refractivity contribution in [1.29, 1.82) is 0 Å². The van der Waals surface area contributed by atoms with Gasteiger partial charge in [-0.15, -0.1) is 0 Å². The van der Waals surface area contributed by atoms with Crippen LogP contribution in [-0.4, -0.2) is 24.2 Å². The van der Waals surface area contributed by atoms with Gasteiger partial charge >= 0.3 is 0 Å². The fraction of sp³-hybridized carbons (Fsp3) is 0.667. The van der Waals surface area contributed by atoms with Crippen LogP contribution in [0, 0.1) is 0 Å². The fourth-order valence-electron chi connectivity index (χ4n) is 1.35. The van der Waals surface area contributed by atoms with Crippen LogP contribution in [0.25, 0.3) is 0 Å². The molecule has 0 spiro atoms. The SMILES string of the molecule is CCOC(n1ccnc1)[Si](C)(C)C. The second-order valence-corrected chi connectivity index (χ2v) is 9.41. The molecule has 0 saturated heterocycles. The molecule has 13 heavy (non-hydrogen) atoms. The van der Waals surface area contributed by atoms with E-state index in [0.717, 1.165) is 6.61 Å². The van der Waals surface area contributed by atoms with Crippen LogP contribution < -0.4 is 0 Å². The van der Waals surface area contributed by atoms with Gasteiger partial charge in [0.15, 0.2) is 0 Å². The lowest BCUT2D eigenvalue weighted by Gasteiger charge is -2.29. The Morgan fingerprint density at radius 2 is 2.15 bits per heavy atom. The molecule has 0 aliphatic heterocycles. The number of hydrogen-bond acceptors (Lipinski definition) is 2. The summed E-state index contributed by atoms with van der Waals surface area (Å²) < 4.78 is 7.80. The lowest BCUT2D eigenvalue weighted by atomic mass is 10.8. The number of hydrogen-bond donors (Lipinski definition) is 0. The van der Waals surface area contributed by atoms with Crippen LogP contribution in [0.2, 0.25) is 19.6 Å². The van der Waals surface area contributed by atoms with Gasteiger partial charge in [0.05, 0.1) is 6.33 Å². The van der Waals surface area contributed by atoms with Crippen LogP contribution >= 0.6 is 0 Å². The lowest BCUT2D eigenvalue weighted by molar-refractivity contribution is 0.0637. The first-order chi connectivity index (χ1) is 6.05. The summed E-state index contributed by atoms with van der Waals surface area (Å²) in [6.45, 7) is 9.69. The summed E-state index contributed by atoms with van der Waals surface area (Å²) in [6.07, 6.45) is 5.60. The average Bonchev–Trinajstić information content (AvgIpc) is 2.49. The minimum atomic E-state index is -1.31. The second kappa shape index (κ2) is 4.06. The van der Waals surface area contributed by atoms with Gasteiger partial charge in [-0.1, -0.05) is 19.6 Å². The molecule has 0 amide bonds. The van der Waals surface area contributed by atoms with E-state index in [0.29, 0.717) is 0 Å². The molecule has 1 aromatic rings. The van der Waals surface area contributed by atoms with Crippen molar-refractivity contribution in [3.8, 4) is 0 Å². The van der Waals surface area contributed by atoms with Gasteiger partial charge in [-0.3, -0.25) is 0 Å². The summed E-state index contributed by atoms with van der Waals surface area (Å²) in [4.78, 5) is 4.04. The van der Waals surface area contributed by atoms with Gasteiger partial charge in [0, 0.05) is 19.0 Å². The van der Waals surface area contributed by atoms with Crippen molar-refractivity contribution in [2.24, 2.45) is 0 Å². The Hall–Kier alpha value is -0.613. The number of ether oxygens (including phenoxy) is 1. The minimum Gasteiger partial charge on any atom is -0.362 e. The molecule has 1 atom stereocenters. The largest absolute Gasteiger partial charge is 0.362 e. The molecule has 0 aliphatic carbocycles. The van der Waals surface area contributed by atoms with Crippen molar-refractivity contribution in [2.45, 2.75) is 32.4 Å². The summed E-state index contributed by atoms with van der Waals surface area (Å²) in [5.74, 6) is 0.208. The van der Waals surface area contributed by atoms with Crippen molar-refractivity contribution < 1.29 is 4.74 Å². The number of aromatic nitrogens is 2. The van der Waals surface area contributed by atoms with Gasteiger partial charge in [0.25, 0.3) is 0 Å². The predicted octanol–water partition coefficient (Wildman–Crippen LogP) is 2.30. The molecule has 1 unspecified atom stereocenters. The Kier molecular flexibility index (Phi) is 3.27. The molecule has 0 bridgehead atoms. The van der Waals surface area contributed by atoms with Crippen LogP contribution in [0.15, 0.2) is 18.7 Å². The van der Waals surface area contributed by atoms with Crippen molar-refractivity contribution >= 4 is 8.07 Å². The number of imidazole rings is 1. The standard InChI is InChI=1S/C9H18N2OSi/c1-5-12-9(13(2,3)4)11-7-6-10-8-11/h6-9H,5H2,1-4H3. The molecular formula is C9H18N2OSi. The molecule has 74 valence electrons. The Morgan fingerprint density at radius 1 is 1.46 bits per heavy atom. The van der Waals surface area contributed by atoms with Gasteiger partial charge in [-0.2, -0.15) is 0 Å². The highest BCUT2D eigenvalue weighted by atomic mass is 28.3. The van der Waals surface area contributed by atoms with E-state index in [1.807, 2.05) is 19.4 Å². The molecule has 0 N–H and O–H groups in total. The molecular weight excluding hydrogens is 180 g/mol. The molecule has 4 heteroatoms. The smallest absolute Gasteiger partial charge is 0.119 e. The third-order valence-corrected chi connectivity index (χ3v) is 3.81. The molecule has 1 heterocycles. The van der Waals surface area contributed by atoms with E-state index in [1.54, 1.807) is 6.20 Å². The predicted molar refractivity (Wildman–Crippen MR) is 56.2 cm³/mol. The number of rotatable bonds is 4. The zero-order chi connectivity index (χ0) is 9.90. The Balaban J connectivity index is 2.81. The maximum Gasteiger partial charge on any atom is 0.119 e. The number of nitrogens with zero attached hydrogens (tertiary/aromatic N) is 2. The minimum absolute atomic E-state index is 0.208. The molecule has 0 saturated carbocycles. The summed E-state index contributed by atoms with van der Waals surface area (Å²) in [6, 6.07) is 0. The van der Waals surface area contributed by atoms with Crippen molar-refractivity contribution in [1.82, 2.24) is 9.55 Å². The monoisotopic (exact) mass is 198 g/mol. The zero-order valence-corrected chi connectivity index (χ0v) is 9.82. The lowest BCUT2D eigenvalue weighted by Crippen LogP contribution is -2.36. The topological polar surface area (TPSA) is 27.1 Å². The average molecular weight is 198 g/mol. The van der Waals surface area contributed by atoms with Crippen LogP contribution in [-0.2, 0) is 4.74 Å². The van der Waals surface area contributed by atoms with Crippen LogP contribution in [0.4, 0.5) is 0 Å². The third kappa shape index (κ3) is 2.67. The summed E-state index contributed by atoms with van der Waals surface area (Å²) in [5, 5.41) is 0. The van der Waals surface area contributed by atoms with Crippen molar-refractivity contribution in [2.75, 3.05) is 6.61 Å². The van der Waals surface area contributed by atoms with E-state index in [9.17, 15) is 0 Å². The Labute approximate surface area is 80.8 Å². The zero-order valence-electron chi connectivity index (χ0n) is 8.82. The molecule has 0 radical (unpaired) electrons. The van der Waals surface area contributed by atoms with E-state index in [-0.39, 0.29) is 5.85 Å². The van der Waals surface area contributed by atoms with E-state index >= 15 is 0 Å². The highest BCUT2D eigenvalue weighted by molar-refractivity contribution is 6.76. The van der Waals surface area contributed by atoms with E-state index < -0.39 is 8.07 Å². The Morgan fingerprint density at radius 3 is 2.54 bits per heavy atom. The normalized spacial score (nSPS) is 14.5. The molecule has 3 nitrogen and oxygen atoms in total. The molecule has 0 fully saturated rings. The summed E-state index contributed by atoms with van der Waals surface area (Å²) >= 11 is 0. The van der Waals surface area contributed by atoms with Crippen LogP contribution in [0.3, 0.4) is 0 Å². The van der Waals surface area contributed by atoms with Gasteiger partial charge in [0.2, 0.25) is 0 Å². The van der Waals surface area contributed by atoms with Gasteiger partial charge in [-0.05, 0) is 6.92 Å². The molecule has 0 aromatic carbocycles.